The summed E-state index contributed by atoms with van der Waals surface area (Å²) in [5.74, 6) is 0. The Kier molecular flexibility index (Phi) is 2.16. The molecule has 0 amide bonds. The summed E-state index contributed by atoms with van der Waals surface area (Å²) < 4.78 is 2.05. The summed E-state index contributed by atoms with van der Waals surface area (Å²) in [5, 5.41) is 1.38. The van der Waals surface area contributed by atoms with Gasteiger partial charge in [0.05, 0.1) is 0 Å². The number of hydrogen-bond donors (Lipinski definition) is 1. The Balaban J connectivity index is 2.38. The van der Waals surface area contributed by atoms with Crippen LogP contribution in [0.1, 0.15) is 5.69 Å². The van der Waals surface area contributed by atoms with Gasteiger partial charge < -0.3 is 0 Å². The average molecular weight is 314 g/mol. The van der Waals surface area contributed by atoms with Crippen molar-refractivity contribution in [1.82, 2.24) is 15.0 Å². The van der Waals surface area contributed by atoms with E-state index in [0.29, 0.717) is 10.8 Å². The summed E-state index contributed by atoms with van der Waals surface area (Å²) in [5.41, 5.74) is 2.72. The van der Waals surface area contributed by atoms with E-state index in [0.717, 1.165) is 25.4 Å². The van der Waals surface area contributed by atoms with Gasteiger partial charge in [-0.2, -0.15) is 0 Å². The van der Waals surface area contributed by atoms with Crippen LogP contribution in [0.25, 0.3) is 30.5 Å². The van der Waals surface area contributed by atoms with Crippen LogP contribution in [0.4, 0.5) is 0 Å². The first-order valence-electron chi connectivity index (χ1n) is 5.91. The van der Waals surface area contributed by atoms with Crippen molar-refractivity contribution in [2.75, 3.05) is 0 Å². The molecule has 0 bridgehead atoms. The molecular formula is C14H9N3OSe. The van der Waals surface area contributed by atoms with E-state index in [1.54, 1.807) is 6.33 Å². The van der Waals surface area contributed by atoms with Gasteiger partial charge in [-0.25, -0.2) is 0 Å². The Bertz CT molecular complexity index is 1000. The molecule has 0 unspecified atom stereocenters. The molecule has 19 heavy (non-hydrogen) atoms. The van der Waals surface area contributed by atoms with Crippen molar-refractivity contribution in [3.05, 3.63) is 46.5 Å². The van der Waals surface area contributed by atoms with Crippen LogP contribution in [-0.4, -0.2) is 29.5 Å². The van der Waals surface area contributed by atoms with Gasteiger partial charge in [0.15, 0.2) is 0 Å². The van der Waals surface area contributed by atoms with Crippen LogP contribution < -0.4 is 5.43 Å². The fourth-order valence-electron chi connectivity index (χ4n) is 2.34. The molecule has 0 fully saturated rings. The summed E-state index contributed by atoms with van der Waals surface area (Å²) in [6.07, 6.45) is 1.65. The summed E-state index contributed by atoms with van der Waals surface area (Å²) in [7, 11) is 0. The zero-order chi connectivity index (χ0) is 13.0. The fraction of sp³-hybridized carbons (Fsp3) is 0.0714. The number of H-pyrrole nitrogens is 1. The van der Waals surface area contributed by atoms with Crippen LogP contribution in [0.15, 0.2) is 35.4 Å². The molecule has 0 radical (unpaired) electrons. The number of fused-ring (bicyclic) bond motifs is 4. The van der Waals surface area contributed by atoms with Crippen molar-refractivity contribution >= 4 is 45.0 Å². The molecule has 0 aliphatic rings. The molecule has 3 aromatic heterocycles. The summed E-state index contributed by atoms with van der Waals surface area (Å²) in [6.45, 7) is 2.01. The molecule has 0 aliphatic carbocycles. The Morgan fingerprint density at radius 3 is 3.00 bits per heavy atom. The van der Waals surface area contributed by atoms with E-state index in [9.17, 15) is 4.79 Å². The summed E-state index contributed by atoms with van der Waals surface area (Å²) in [4.78, 5) is 24.7. The minimum absolute atomic E-state index is 0.0549. The van der Waals surface area contributed by atoms with Crippen molar-refractivity contribution in [1.29, 1.82) is 0 Å². The SMILES string of the molecule is Cc1[nH]cnc2c1[se]c1nc3ccccc3c(=O)c12. The topological polar surface area (TPSA) is 58.6 Å². The van der Waals surface area contributed by atoms with Crippen molar-refractivity contribution in [3.8, 4) is 0 Å². The van der Waals surface area contributed by atoms with Crippen LogP contribution in [0, 0.1) is 6.92 Å². The monoisotopic (exact) mass is 315 g/mol. The molecule has 92 valence electrons. The quantitative estimate of drug-likeness (QED) is 0.505. The maximum absolute atomic E-state index is 12.6. The van der Waals surface area contributed by atoms with E-state index < -0.39 is 0 Å². The molecule has 0 saturated carbocycles. The first kappa shape index (κ1) is 10.9. The number of benzene rings is 1. The van der Waals surface area contributed by atoms with E-state index in [4.69, 9.17) is 0 Å². The van der Waals surface area contributed by atoms with E-state index in [-0.39, 0.29) is 19.9 Å². The van der Waals surface area contributed by atoms with Gasteiger partial charge in [0, 0.05) is 0 Å². The predicted octanol–water partition coefficient (Wildman–Crippen LogP) is 1.99. The van der Waals surface area contributed by atoms with E-state index in [2.05, 4.69) is 15.0 Å². The number of rotatable bonds is 0. The summed E-state index contributed by atoms with van der Waals surface area (Å²) >= 11 is 0.0582. The zero-order valence-electron chi connectivity index (χ0n) is 10.1. The molecule has 4 aromatic rings. The molecule has 3 heterocycles. The molecule has 0 atom stereocenters. The van der Waals surface area contributed by atoms with Gasteiger partial charge in [-0.15, -0.1) is 0 Å². The number of aromatic nitrogens is 3. The molecule has 4 nitrogen and oxygen atoms in total. The van der Waals surface area contributed by atoms with Gasteiger partial charge in [-0.1, -0.05) is 0 Å². The predicted molar refractivity (Wildman–Crippen MR) is 76.8 cm³/mol. The number of pyridine rings is 1. The van der Waals surface area contributed by atoms with Gasteiger partial charge in [0.1, 0.15) is 0 Å². The van der Waals surface area contributed by atoms with Crippen LogP contribution in [0.2, 0.25) is 0 Å². The van der Waals surface area contributed by atoms with Crippen molar-refractivity contribution in [2.45, 2.75) is 6.92 Å². The molecular weight excluding hydrogens is 305 g/mol. The number of aromatic amines is 1. The van der Waals surface area contributed by atoms with Crippen molar-refractivity contribution < 1.29 is 0 Å². The summed E-state index contributed by atoms with van der Waals surface area (Å²) in [6, 6.07) is 7.50. The Morgan fingerprint density at radius 2 is 2.11 bits per heavy atom. The minimum atomic E-state index is 0.0549. The first-order chi connectivity index (χ1) is 9.25. The molecule has 0 saturated heterocycles. The first-order valence-corrected chi connectivity index (χ1v) is 7.62. The Labute approximate surface area is 113 Å². The average Bonchev–Trinajstić information content (AvgIpc) is 2.79. The van der Waals surface area contributed by atoms with E-state index in [1.165, 1.54) is 0 Å². The third-order valence-corrected chi connectivity index (χ3v) is 5.78. The normalized spacial score (nSPS) is 11.6. The second kappa shape index (κ2) is 3.76. The second-order valence-electron chi connectivity index (χ2n) is 4.45. The molecule has 0 spiro atoms. The van der Waals surface area contributed by atoms with Gasteiger partial charge in [0.25, 0.3) is 0 Å². The van der Waals surface area contributed by atoms with Crippen molar-refractivity contribution in [2.24, 2.45) is 0 Å². The van der Waals surface area contributed by atoms with Crippen LogP contribution in [0.3, 0.4) is 0 Å². The zero-order valence-corrected chi connectivity index (χ0v) is 11.8. The Hall–Kier alpha value is -1.97. The third-order valence-electron chi connectivity index (χ3n) is 3.28. The molecule has 5 heteroatoms. The van der Waals surface area contributed by atoms with Crippen LogP contribution >= 0.6 is 0 Å². The van der Waals surface area contributed by atoms with Gasteiger partial charge in [-0.3, -0.25) is 0 Å². The van der Waals surface area contributed by atoms with Gasteiger partial charge in [0.2, 0.25) is 0 Å². The number of para-hydroxylation sites is 1. The van der Waals surface area contributed by atoms with E-state index in [1.807, 2.05) is 31.2 Å². The number of nitrogens with zero attached hydrogens (tertiary/aromatic N) is 2. The number of hydrogen-bond acceptors (Lipinski definition) is 3. The van der Waals surface area contributed by atoms with E-state index >= 15 is 0 Å². The van der Waals surface area contributed by atoms with Crippen molar-refractivity contribution in [3.63, 3.8) is 0 Å². The third kappa shape index (κ3) is 1.43. The standard InChI is InChI=1S/C14H9N3OSe/c1-7-13-11(16-6-15-7)10-12(18)8-4-2-3-5-9(8)17-14(10)19-13/h2-6H,1H3,(H,15,16). The van der Waals surface area contributed by atoms with Gasteiger partial charge >= 0.3 is 113 Å². The van der Waals surface area contributed by atoms with Crippen LogP contribution in [-0.2, 0) is 0 Å². The maximum atomic E-state index is 12.6. The van der Waals surface area contributed by atoms with Gasteiger partial charge in [-0.05, 0) is 0 Å². The number of aryl methyl sites for hydroxylation is 1. The molecule has 1 N–H and O–H groups in total. The molecule has 0 aliphatic heterocycles. The molecule has 1 aromatic carbocycles. The Morgan fingerprint density at radius 1 is 1.26 bits per heavy atom. The fourth-order valence-corrected chi connectivity index (χ4v) is 4.63. The second-order valence-corrected chi connectivity index (χ2v) is 6.54. The number of nitrogens with one attached hydrogen (secondary N) is 1. The molecule has 4 rings (SSSR count). The van der Waals surface area contributed by atoms with Crippen LogP contribution in [0.5, 0.6) is 0 Å².